The van der Waals surface area contributed by atoms with Gasteiger partial charge in [-0.3, -0.25) is 9.48 Å². The van der Waals surface area contributed by atoms with E-state index in [1.54, 1.807) is 6.20 Å². The van der Waals surface area contributed by atoms with Crippen LogP contribution in [-0.2, 0) is 11.3 Å². The molecule has 124 valence electrons. The minimum Gasteiger partial charge on any atom is -0.352 e. The van der Waals surface area contributed by atoms with Crippen LogP contribution in [0.4, 0.5) is 0 Å². The van der Waals surface area contributed by atoms with Crippen molar-refractivity contribution in [1.82, 2.24) is 20.4 Å². The van der Waals surface area contributed by atoms with E-state index >= 15 is 0 Å². The highest BCUT2D eigenvalue weighted by Crippen LogP contribution is 2.14. The number of amides is 1. The van der Waals surface area contributed by atoms with Crippen LogP contribution in [0.2, 0.25) is 5.02 Å². The fourth-order valence-corrected chi connectivity index (χ4v) is 2.46. The van der Waals surface area contributed by atoms with Gasteiger partial charge in [0.15, 0.2) is 0 Å². The Hall–Kier alpha value is -1.85. The van der Waals surface area contributed by atoms with E-state index in [-0.39, 0.29) is 18.0 Å². The number of aromatic nitrogens is 2. The van der Waals surface area contributed by atoms with Gasteiger partial charge in [0.05, 0.1) is 6.04 Å². The van der Waals surface area contributed by atoms with Crippen molar-refractivity contribution in [1.29, 1.82) is 0 Å². The van der Waals surface area contributed by atoms with Crippen molar-refractivity contribution >= 4 is 17.5 Å². The molecule has 1 aromatic carbocycles. The summed E-state index contributed by atoms with van der Waals surface area (Å²) in [6.07, 6.45) is 4.14. The SMILES string of the molecule is C[C@H]([C@@H](C)NCCC(=O)NCc1ccccc1Cl)n1cccn1. The summed E-state index contributed by atoms with van der Waals surface area (Å²) < 4.78 is 1.91. The molecule has 0 aliphatic rings. The predicted octanol–water partition coefficient (Wildman–Crippen LogP) is 2.78. The molecule has 0 fully saturated rings. The van der Waals surface area contributed by atoms with Gasteiger partial charge in [-0.25, -0.2) is 0 Å². The summed E-state index contributed by atoms with van der Waals surface area (Å²) in [4.78, 5) is 11.9. The summed E-state index contributed by atoms with van der Waals surface area (Å²) in [5, 5.41) is 11.2. The minimum atomic E-state index is 0.0105. The first-order valence-corrected chi connectivity index (χ1v) is 8.18. The van der Waals surface area contributed by atoms with E-state index in [0.717, 1.165) is 5.56 Å². The summed E-state index contributed by atoms with van der Waals surface area (Å²) in [6.45, 7) is 5.27. The predicted molar refractivity (Wildman–Crippen MR) is 92.3 cm³/mol. The minimum absolute atomic E-state index is 0.0105. The molecule has 6 heteroatoms. The largest absolute Gasteiger partial charge is 0.352 e. The van der Waals surface area contributed by atoms with Crippen LogP contribution in [0.1, 0.15) is 31.9 Å². The van der Waals surface area contributed by atoms with E-state index in [2.05, 4.69) is 29.6 Å². The second-order valence-electron chi connectivity index (χ2n) is 5.59. The van der Waals surface area contributed by atoms with Gasteiger partial charge in [0.2, 0.25) is 5.91 Å². The lowest BCUT2D eigenvalue weighted by Gasteiger charge is -2.21. The lowest BCUT2D eigenvalue weighted by Crippen LogP contribution is -2.36. The fraction of sp³-hybridized carbons (Fsp3) is 0.412. The highest BCUT2D eigenvalue weighted by atomic mass is 35.5. The van der Waals surface area contributed by atoms with Crippen molar-refractivity contribution in [3.05, 3.63) is 53.3 Å². The molecule has 2 aromatic rings. The quantitative estimate of drug-likeness (QED) is 0.780. The Morgan fingerprint density at radius 3 is 2.78 bits per heavy atom. The average Bonchev–Trinajstić information content (AvgIpc) is 3.07. The monoisotopic (exact) mass is 334 g/mol. The van der Waals surface area contributed by atoms with Crippen LogP contribution in [-0.4, -0.2) is 28.3 Å². The number of nitrogens with zero attached hydrogens (tertiary/aromatic N) is 2. The Balaban J connectivity index is 1.67. The highest BCUT2D eigenvalue weighted by Gasteiger charge is 2.13. The first-order valence-electron chi connectivity index (χ1n) is 7.80. The molecule has 0 radical (unpaired) electrons. The Kier molecular flexibility index (Phi) is 6.62. The Morgan fingerprint density at radius 1 is 1.30 bits per heavy atom. The van der Waals surface area contributed by atoms with Crippen molar-refractivity contribution in [3.63, 3.8) is 0 Å². The first kappa shape index (κ1) is 17.5. The first-order chi connectivity index (χ1) is 11.1. The van der Waals surface area contributed by atoms with E-state index < -0.39 is 0 Å². The van der Waals surface area contributed by atoms with E-state index in [0.29, 0.717) is 24.5 Å². The Labute approximate surface area is 142 Å². The smallest absolute Gasteiger partial charge is 0.221 e. The normalized spacial score (nSPS) is 13.5. The second-order valence-corrected chi connectivity index (χ2v) is 5.99. The van der Waals surface area contributed by atoms with Crippen LogP contribution in [0, 0.1) is 0 Å². The zero-order chi connectivity index (χ0) is 16.7. The number of benzene rings is 1. The average molecular weight is 335 g/mol. The lowest BCUT2D eigenvalue weighted by atomic mass is 10.1. The maximum atomic E-state index is 11.9. The summed E-state index contributed by atoms with van der Waals surface area (Å²) in [5.74, 6) is 0.0105. The second kappa shape index (κ2) is 8.70. The van der Waals surface area contributed by atoms with Gasteiger partial charge in [0, 0.05) is 43.0 Å². The molecule has 1 aromatic heterocycles. The number of carbonyl (C=O) groups is 1. The third kappa shape index (κ3) is 5.37. The van der Waals surface area contributed by atoms with Crippen LogP contribution in [0.3, 0.4) is 0 Å². The molecule has 0 bridgehead atoms. The van der Waals surface area contributed by atoms with Gasteiger partial charge < -0.3 is 10.6 Å². The molecule has 0 saturated heterocycles. The van der Waals surface area contributed by atoms with Crippen LogP contribution < -0.4 is 10.6 Å². The van der Waals surface area contributed by atoms with Crippen molar-refractivity contribution in [3.8, 4) is 0 Å². The standard InChI is InChI=1S/C17H23ClN4O/c1-13(14(2)22-11-5-9-21-22)19-10-8-17(23)20-12-15-6-3-4-7-16(15)18/h3-7,9,11,13-14,19H,8,10,12H2,1-2H3,(H,20,23)/t13-,14-/m1/s1. The van der Waals surface area contributed by atoms with Crippen LogP contribution in [0.5, 0.6) is 0 Å². The van der Waals surface area contributed by atoms with Gasteiger partial charge in [0.25, 0.3) is 0 Å². The molecule has 23 heavy (non-hydrogen) atoms. The molecule has 2 rings (SSSR count). The van der Waals surface area contributed by atoms with Gasteiger partial charge in [-0.1, -0.05) is 29.8 Å². The van der Waals surface area contributed by atoms with Crippen LogP contribution in [0.15, 0.2) is 42.7 Å². The van der Waals surface area contributed by atoms with Crippen LogP contribution in [0.25, 0.3) is 0 Å². The highest BCUT2D eigenvalue weighted by molar-refractivity contribution is 6.31. The van der Waals surface area contributed by atoms with Gasteiger partial charge in [-0.2, -0.15) is 5.10 Å². The zero-order valence-electron chi connectivity index (χ0n) is 13.5. The molecule has 0 unspecified atom stereocenters. The molecule has 0 saturated carbocycles. The zero-order valence-corrected chi connectivity index (χ0v) is 14.3. The number of rotatable bonds is 8. The Bertz CT molecular complexity index is 615. The summed E-state index contributed by atoms with van der Waals surface area (Å²) in [7, 11) is 0. The molecular formula is C17H23ClN4O. The third-order valence-corrected chi connectivity index (χ3v) is 4.29. The van der Waals surface area contributed by atoms with Gasteiger partial charge in [-0.05, 0) is 31.5 Å². The number of hydrogen-bond acceptors (Lipinski definition) is 3. The van der Waals surface area contributed by atoms with Gasteiger partial charge in [0.1, 0.15) is 0 Å². The summed E-state index contributed by atoms with van der Waals surface area (Å²) in [6, 6.07) is 9.89. The summed E-state index contributed by atoms with van der Waals surface area (Å²) >= 11 is 6.07. The molecule has 0 aliphatic heterocycles. The van der Waals surface area contributed by atoms with Crippen LogP contribution >= 0.6 is 11.6 Å². The van der Waals surface area contributed by atoms with Gasteiger partial charge >= 0.3 is 0 Å². The van der Waals surface area contributed by atoms with Crippen molar-refractivity contribution in [2.75, 3.05) is 6.54 Å². The number of hydrogen-bond donors (Lipinski definition) is 2. The molecule has 0 spiro atoms. The van der Waals surface area contributed by atoms with Crippen molar-refractivity contribution in [2.24, 2.45) is 0 Å². The van der Waals surface area contributed by atoms with Crippen molar-refractivity contribution < 1.29 is 4.79 Å². The number of nitrogens with one attached hydrogen (secondary N) is 2. The molecule has 2 N–H and O–H groups in total. The van der Waals surface area contributed by atoms with Crippen molar-refractivity contribution in [2.45, 2.75) is 38.9 Å². The topological polar surface area (TPSA) is 59.0 Å². The summed E-state index contributed by atoms with van der Waals surface area (Å²) in [5.41, 5.74) is 0.927. The van der Waals surface area contributed by atoms with Gasteiger partial charge in [-0.15, -0.1) is 0 Å². The van der Waals surface area contributed by atoms with E-state index in [1.165, 1.54) is 0 Å². The molecule has 5 nitrogen and oxygen atoms in total. The Morgan fingerprint density at radius 2 is 2.09 bits per heavy atom. The molecule has 1 heterocycles. The maximum Gasteiger partial charge on any atom is 0.221 e. The molecule has 0 aliphatic carbocycles. The maximum absolute atomic E-state index is 11.9. The fourth-order valence-electron chi connectivity index (χ4n) is 2.26. The molecular weight excluding hydrogens is 312 g/mol. The molecule has 2 atom stereocenters. The third-order valence-electron chi connectivity index (χ3n) is 3.92. The number of carbonyl (C=O) groups excluding carboxylic acids is 1. The van der Waals surface area contributed by atoms with E-state index in [9.17, 15) is 4.79 Å². The number of halogens is 1. The van der Waals surface area contributed by atoms with E-state index in [1.807, 2.05) is 41.2 Å². The van der Waals surface area contributed by atoms with E-state index in [4.69, 9.17) is 11.6 Å². The lowest BCUT2D eigenvalue weighted by molar-refractivity contribution is -0.121. The molecule has 1 amide bonds.